The van der Waals surface area contributed by atoms with Crippen LogP contribution < -0.4 is 79.8 Å². The summed E-state index contributed by atoms with van der Waals surface area (Å²) in [5.41, 5.74) is 0.366. The molecule has 103 heavy (non-hydrogen) atoms. The molecule has 13 rings (SSSR count). The van der Waals surface area contributed by atoms with E-state index in [9.17, 15) is 15.0 Å². The Morgan fingerprint density at radius 3 is 1.56 bits per heavy atom. The zero-order valence-corrected chi connectivity index (χ0v) is 58.1. The van der Waals surface area contributed by atoms with Crippen LogP contribution in [0.15, 0.2) is 121 Å². The zero-order chi connectivity index (χ0) is 73.6. The number of nitrogens with one attached hydrogen (secondary N) is 7. The minimum absolute atomic E-state index is 0.00677. The van der Waals surface area contributed by atoms with Crippen molar-refractivity contribution in [1.82, 2.24) is 37.2 Å². The van der Waals surface area contributed by atoms with Gasteiger partial charge in [0, 0.05) is 29.9 Å². The summed E-state index contributed by atoms with van der Waals surface area (Å²) in [7, 11) is 9.85. The Labute approximate surface area is 591 Å². The molecule has 29 nitrogen and oxygen atoms in total. The van der Waals surface area contributed by atoms with Gasteiger partial charge in [0.1, 0.15) is 101 Å². The Bertz CT molecular complexity index is 4370. The number of fused-ring (bicyclic) bond motifs is 14. The van der Waals surface area contributed by atoms with Gasteiger partial charge in [-0.15, -0.1) is 0 Å². The molecule has 1 unspecified atom stereocenters. The molecule has 17 bridgehead atoms. The monoisotopic (exact) mass is 1420 g/mol. The van der Waals surface area contributed by atoms with Crippen LogP contribution >= 0.6 is 0 Å². The average Bonchev–Trinajstić information content (AvgIpc) is 0.770. The van der Waals surface area contributed by atoms with E-state index in [-0.39, 0.29) is 135 Å². The highest BCUT2D eigenvalue weighted by Gasteiger charge is 2.42. The molecule has 0 aromatic heterocycles. The Kier molecular flexibility index (Phi) is 22.1. The second kappa shape index (κ2) is 31.3. The normalized spacial score (nSPS) is 20.9. The minimum atomic E-state index is -2.01. The topological polar surface area (TPSA) is 364 Å². The Balaban J connectivity index is 1.13. The molecular formula is C74H79N7O22. The molecule has 7 aromatic carbocycles. The number of rotatable bonds is 14. The van der Waals surface area contributed by atoms with Crippen LogP contribution in [0, 0.1) is 6.92 Å². The number of amides is 7. The number of ether oxygens (including phenoxy) is 13. The molecule has 29 heteroatoms. The lowest BCUT2D eigenvalue weighted by atomic mass is 9.89. The first-order valence-corrected chi connectivity index (χ1v) is 32.5. The molecule has 0 aliphatic carbocycles. The first kappa shape index (κ1) is 72.9. The van der Waals surface area contributed by atoms with Crippen molar-refractivity contribution in [2.24, 2.45) is 0 Å². The summed E-state index contributed by atoms with van der Waals surface area (Å²) < 4.78 is 77.8. The van der Waals surface area contributed by atoms with E-state index >= 15 is 28.8 Å². The maximum atomic E-state index is 16.3. The first-order valence-electron chi connectivity index (χ1n) is 32.5. The number of carbonyl (C=O) groups is 7. The summed E-state index contributed by atoms with van der Waals surface area (Å²) in [5.74, 6) is -5.66. The fraction of sp³-hybridized carbons (Fsp3) is 0.338. The number of methoxy groups -OCH3 is 7. The van der Waals surface area contributed by atoms with Crippen LogP contribution in [0.25, 0.3) is 11.1 Å². The standard InChI is InChI=1S/C74H79N7O22/c1-36-51(95-9)28-41-29-52(36)102-53-27-40(17-23-50(53)94-8)59(81-73(90)103-74(2,3)4)68(85)80-63-65(83)38-14-20-44(21-15-38)101-56-31-42-30-55(66(56)97-11)100-43-18-12-37(13-19-43)64(82)62-71(88)75-48(34-99-35-98-25-24-91-5)46-32-45(92-6)33-54(96-10)57(46)47-26-39(16-22-49(47)93-7)58(67(84)79-62)76-69(86)61(42)77-70(87)60(41)78-72(63)89/h12-23,26-33,48,58-65,82-83H,24-25,34-35H2,1-11H3,(H,75,88)(H,76,86)(H,77,87)(H,78,89)(H,79,84)(H,80,85)(H,81,90)/t48-,58-,59-,60+,61-,62?,63-,64-,65-/m1/s1. The molecule has 542 valence electrons. The number of hydrogen-bond acceptors (Lipinski definition) is 22. The smallest absolute Gasteiger partial charge is 0.408 e. The van der Waals surface area contributed by atoms with Crippen LogP contribution in [0.2, 0.25) is 0 Å². The third-order valence-electron chi connectivity index (χ3n) is 17.4. The maximum Gasteiger partial charge on any atom is 0.408 e. The van der Waals surface area contributed by atoms with Crippen molar-refractivity contribution < 1.29 is 105 Å². The summed E-state index contributed by atoms with van der Waals surface area (Å²) in [5, 5.41) is 44.5. The van der Waals surface area contributed by atoms with Crippen molar-refractivity contribution in [3.8, 4) is 80.1 Å². The van der Waals surface area contributed by atoms with Gasteiger partial charge < -0.3 is 109 Å². The molecule has 7 aromatic rings. The SMILES string of the molecule is COCCOCOC[C@H]1NC(=O)C2NC(=O)[C@H](NC(=O)[C@@H]3NC(=O)[C@H]4NC(=O)[C@H](NC(=O)[C@H](NC(=O)OC(C)(C)C)c5ccc(OC)c(c5)Oc5cc4cc(OC)c5C)[C@H](O)c4ccc(cc4)Oc4cc3cc(c4OC)Oc3ccc(cc3)[C@H]2O)c2ccc(OC)c(c2)-c2c(OC)cc(OC)cc21. The number of aliphatic hydroxyl groups excluding tert-OH is 2. The van der Waals surface area contributed by atoms with E-state index in [1.54, 1.807) is 52.0 Å². The van der Waals surface area contributed by atoms with Crippen molar-refractivity contribution in [3.05, 3.63) is 166 Å². The number of hydrogen-bond donors (Lipinski definition) is 9. The van der Waals surface area contributed by atoms with E-state index in [4.69, 9.17) is 61.6 Å². The number of alkyl carbamates (subject to hydrolysis) is 1. The third-order valence-corrected chi connectivity index (χ3v) is 17.4. The molecule has 7 amide bonds. The fourth-order valence-electron chi connectivity index (χ4n) is 12.3. The van der Waals surface area contributed by atoms with Gasteiger partial charge in [-0.2, -0.15) is 0 Å². The first-order chi connectivity index (χ1) is 49.4. The lowest BCUT2D eigenvalue weighted by molar-refractivity contribution is -0.137. The van der Waals surface area contributed by atoms with Crippen LogP contribution in [-0.2, 0) is 47.7 Å². The van der Waals surface area contributed by atoms with Crippen molar-refractivity contribution in [2.45, 2.75) is 87.8 Å². The second-order valence-corrected chi connectivity index (χ2v) is 25.2. The Hall–Kier alpha value is -11.4. The van der Waals surface area contributed by atoms with Crippen LogP contribution in [0.4, 0.5) is 4.79 Å². The molecule has 6 heterocycles. The fourth-order valence-corrected chi connectivity index (χ4v) is 12.3. The summed E-state index contributed by atoms with van der Waals surface area (Å²) in [6.07, 6.45) is -4.82. The zero-order valence-electron chi connectivity index (χ0n) is 58.1. The highest BCUT2D eigenvalue weighted by atomic mass is 16.7. The Morgan fingerprint density at radius 2 is 0.990 bits per heavy atom. The van der Waals surface area contributed by atoms with E-state index in [2.05, 4.69) is 37.2 Å². The number of carbonyl (C=O) groups excluding carboxylic acids is 7. The molecule has 6 aliphatic rings. The van der Waals surface area contributed by atoms with Gasteiger partial charge in [-0.25, -0.2) is 4.79 Å². The van der Waals surface area contributed by atoms with Crippen molar-refractivity contribution in [3.63, 3.8) is 0 Å². The quantitative estimate of drug-likeness (QED) is 0.0378. The number of aliphatic hydroxyl groups is 2. The summed E-state index contributed by atoms with van der Waals surface area (Å²) in [6.45, 7) is 6.42. The van der Waals surface area contributed by atoms with Gasteiger partial charge in [-0.05, 0) is 146 Å². The summed E-state index contributed by atoms with van der Waals surface area (Å²) >= 11 is 0. The average molecular weight is 1420 g/mol. The highest BCUT2D eigenvalue weighted by Crippen LogP contribution is 2.48. The van der Waals surface area contributed by atoms with Crippen molar-refractivity contribution in [1.29, 1.82) is 0 Å². The lowest BCUT2D eigenvalue weighted by Crippen LogP contribution is -2.56. The summed E-state index contributed by atoms with van der Waals surface area (Å²) in [6, 6.07) is 16.9. The van der Waals surface area contributed by atoms with Crippen LogP contribution in [0.1, 0.15) is 108 Å². The summed E-state index contributed by atoms with van der Waals surface area (Å²) in [4.78, 5) is 108. The van der Waals surface area contributed by atoms with Gasteiger partial charge in [0.2, 0.25) is 41.2 Å². The molecule has 0 spiro atoms. The van der Waals surface area contributed by atoms with Crippen LogP contribution in [-0.4, -0.2) is 146 Å². The predicted molar refractivity (Wildman–Crippen MR) is 366 cm³/mol. The lowest BCUT2D eigenvalue weighted by Gasteiger charge is -2.32. The van der Waals surface area contributed by atoms with Gasteiger partial charge in [0.25, 0.3) is 0 Å². The minimum Gasteiger partial charge on any atom is -0.497 e. The highest BCUT2D eigenvalue weighted by molar-refractivity contribution is 5.99. The largest absolute Gasteiger partial charge is 0.497 e. The molecule has 6 aliphatic heterocycles. The predicted octanol–water partition coefficient (Wildman–Crippen LogP) is 7.41. The van der Waals surface area contributed by atoms with Crippen LogP contribution in [0.3, 0.4) is 0 Å². The second-order valence-electron chi connectivity index (χ2n) is 25.2. The molecule has 0 saturated heterocycles. The number of benzene rings is 7. The molecule has 0 radical (unpaired) electrons. The van der Waals surface area contributed by atoms with Crippen molar-refractivity contribution in [2.75, 3.05) is 76.4 Å². The van der Waals surface area contributed by atoms with E-state index in [1.807, 2.05) is 0 Å². The molecule has 9 N–H and O–H groups in total. The van der Waals surface area contributed by atoms with Gasteiger partial charge in [-0.3, -0.25) is 28.8 Å². The third kappa shape index (κ3) is 15.9. The molecule has 9 atom stereocenters. The van der Waals surface area contributed by atoms with Gasteiger partial charge in [0.15, 0.2) is 23.0 Å². The van der Waals surface area contributed by atoms with E-state index < -0.39 is 102 Å². The molecule has 0 fully saturated rings. The van der Waals surface area contributed by atoms with Gasteiger partial charge >= 0.3 is 6.09 Å². The van der Waals surface area contributed by atoms with Gasteiger partial charge in [0.05, 0.1) is 68.5 Å². The van der Waals surface area contributed by atoms with E-state index in [1.165, 1.54) is 147 Å². The Morgan fingerprint density at radius 1 is 0.476 bits per heavy atom. The van der Waals surface area contributed by atoms with E-state index in [0.717, 1.165) is 0 Å². The molecule has 0 saturated carbocycles. The van der Waals surface area contributed by atoms with Crippen molar-refractivity contribution >= 4 is 41.5 Å². The van der Waals surface area contributed by atoms with Gasteiger partial charge in [-0.1, -0.05) is 36.4 Å². The van der Waals surface area contributed by atoms with Crippen LogP contribution in [0.5, 0.6) is 69.0 Å². The molecular weight excluding hydrogens is 1340 g/mol. The maximum absolute atomic E-state index is 16.3. The van der Waals surface area contributed by atoms with E-state index in [0.29, 0.717) is 16.7 Å².